The van der Waals surface area contributed by atoms with Gasteiger partial charge in [0.2, 0.25) is 0 Å². The molecule has 0 aromatic heterocycles. The van der Waals surface area contributed by atoms with Gasteiger partial charge in [0.1, 0.15) is 11.7 Å². The third-order valence-electron chi connectivity index (χ3n) is 3.57. The van der Waals surface area contributed by atoms with Gasteiger partial charge in [-0.3, -0.25) is 0 Å². The lowest BCUT2D eigenvalue weighted by Crippen LogP contribution is -2.36. The normalized spacial score (nSPS) is 16.3. The Labute approximate surface area is 150 Å². The molecule has 1 aliphatic heterocycles. The number of fused-ring (bicyclic) bond motifs is 1. The van der Waals surface area contributed by atoms with Crippen LogP contribution in [-0.2, 0) is 11.2 Å². The Morgan fingerprint density at radius 3 is 2.58 bits per heavy atom. The Hall–Kier alpha value is -2.13. The van der Waals surface area contributed by atoms with Crippen LogP contribution < -0.4 is 9.47 Å². The molecule has 0 spiro atoms. The van der Waals surface area contributed by atoms with Crippen molar-refractivity contribution in [2.24, 2.45) is 0 Å². The van der Waals surface area contributed by atoms with Gasteiger partial charge >= 0.3 is 12.4 Å². The molecule has 9 heteroatoms. The number of nitrogens with zero attached hydrogens (tertiary/aromatic N) is 1. The van der Waals surface area contributed by atoms with Gasteiger partial charge in [-0.1, -0.05) is 6.07 Å². The number of hydrogen-bond donors (Lipinski definition) is 2. The van der Waals surface area contributed by atoms with Gasteiger partial charge in [-0.15, -0.1) is 8.78 Å². The van der Waals surface area contributed by atoms with Crippen LogP contribution in [0.25, 0.3) is 0 Å². The van der Waals surface area contributed by atoms with Crippen LogP contribution in [0.2, 0.25) is 0 Å². The van der Waals surface area contributed by atoms with E-state index in [1.165, 1.54) is 19.2 Å². The zero-order valence-electron chi connectivity index (χ0n) is 15.1. The fraction of sp³-hybridized carbons (Fsp3) is 0.588. The van der Waals surface area contributed by atoms with Crippen LogP contribution in [0.3, 0.4) is 0 Å². The predicted molar refractivity (Wildman–Crippen MR) is 87.3 cm³/mol. The number of benzene rings is 1. The number of aliphatic hydroxyl groups excluding tert-OH is 2. The molecule has 0 fully saturated rings. The molecule has 0 radical (unpaired) electrons. The van der Waals surface area contributed by atoms with Crippen molar-refractivity contribution in [3.05, 3.63) is 23.3 Å². The van der Waals surface area contributed by atoms with Gasteiger partial charge < -0.3 is 29.3 Å². The van der Waals surface area contributed by atoms with Gasteiger partial charge in [0.25, 0.3) is 0 Å². The minimum atomic E-state index is -3.84. The average molecular weight is 375 g/mol. The monoisotopic (exact) mass is 375 g/mol. The molecule has 1 aliphatic rings. The maximum atomic E-state index is 13.4. The number of amides is 1. The molecule has 26 heavy (non-hydrogen) atoms. The summed E-state index contributed by atoms with van der Waals surface area (Å²) in [4.78, 5) is 13.2. The first kappa shape index (κ1) is 20.2. The zero-order valence-corrected chi connectivity index (χ0v) is 15.1. The molecule has 146 valence electrons. The van der Waals surface area contributed by atoms with Gasteiger partial charge in [0, 0.05) is 19.2 Å². The fourth-order valence-electron chi connectivity index (χ4n) is 2.54. The Bertz CT molecular complexity index is 674. The molecule has 1 heterocycles. The SMILES string of the molecule is CN(CC(O)c1c(CCO)ccc2c1OC(F)(F)O2)C(=O)OC(C)(C)C. The number of rotatable bonds is 5. The first-order valence-electron chi connectivity index (χ1n) is 8.08. The van der Waals surface area contributed by atoms with Crippen LogP contribution in [0.4, 0.5) is 13.6 Å². The highest BCUT2D eigenvalue weighted by molar-refractivity contribution is 5.68. The van der Waals surface area contributed by atoms with Crippen LogP contribution in [0, 0.1) is 0 Å². The fourth-order valence-corrected chi connectivity index (χ4v) is 2.54. The van der Waals surface area contributed by atoms with Crippen molar-refractivity contribution in [3.8, 4) is 11.5 Å². The van der Waals surface area contributed by atoms with Gasteiger partial charge in [-0.25, -0.2) is 4.79 Å². The number of carbonyl (C=O) groups is 1. The van der Waals surface area contributed by atoms with E-state index in [-0.39, 0.29) is 36.6 Å². The number of halogens is 2. The number of likely N-dealkylation sites (N-methyl/N-ethyl adjacent to an activating group) is 1. The summed E-state index contributed by atoms with van der Waals surface area (Å²) < 4.78 is 41.0. The number of hydrogen-bond acceptors (Lipinski definition) is 6. The molecule has 1 unspecified atom stereocenters. The van der Waals surface area contributed by atoms with Crippen molar-refractivity contribution in [3.63, 3.8) is 0 Å². The summed E-state index contributed by atoms with van der Waals surface area (Å²) in [6.45, 7) is 4.62. The molecular formula is C17H23F2NO6. The Balaban J connectivity index is 2.26. The minimum absolute atomic E-state index is 0.0455. The van der Waals surface area contributed by atoms with Gasteiger partial charge in [-0.05, 0) is 38.8 Å². The number of ether oxygens (including phenoxy) is 3. The summed E-state index contributed by atoms with van der Waals surface area (Å²) >= 11 is 0. The highest BCUT2D eigenvalue weighted by Crippen LogP contribution is 2.46. The van der Waals surface area contributed by atoms with E-state index in [1.54, 1.807) is 20.8 Å². The van der Waals surface area contributed by atoms with E-state index in [1.807, 2.05) is 0 Å². The zero-order chi connectivity index (χ0) is 19.7. The Morgan fingerprint density at radius 1 is 1.35 bits per heavy atom. The van der Waals surface area contributed by atoms with Crippen molar-refractivity contribution >= 4 is 6.09 Å². The summed E-state index contributed by atoms with van der Waals surface area (Å²) in [6, 6.07) is 2.75. The van der Waals surface area contributed by atoms with Crippen LogP contribution in [0.5, 0.6) is 11.5 Å². The standard InChI is InChI=1S/C17H23F2NO6/c1-16(2,3)26-15(23)20(4)9-11(22)13-10(7-8-21)5-6-12-14(13)25-17(18,19)24-12/h5-6,11,21-22H,7-9H2,1-4H3. The highest BCUT2D eigenvalue weighted by Gasteiger charge is 2.45. The number of alkyl halides is 2. The molecule has 0 bridgehead atoms. The molecule has 2 rings (SSSR count). The average Bonchev–Trinajstić information content (AvgIpc) is 2.79. The third-order valence-corrected chi connectivity index (χ3v) is 3.57. The van der Waals surface area contributed by atoms with Crippen molar-refractivity contribution in [2.45, 2.75) is 45.2 Å². The second-order valence-electron chi connectivity index (χ2n) is 6.98. The van der Waals surface area contributed by atoms with Crippen LogP contribution >= 0.6 is 0 Å². The van der Waals surface area contributed by atoms with E-state index in [2.05, 4.69) is 9.47 Å². The van der Waals surface area contributed by atoms with Crippen molar-refractivity contribution in [1.29, 1.82) is 0 Å². The van der Waals surface area contributed by atoms with Crippen LogP contribution in [0.15, 0.2) is 12.1 Å². The highest BCUT2D eigenvalue weighted by atomic mass is 19.3. The molecular weight excluding hydrogens is 352 g/mol. The first-order chi connectivity index (χ1) is 11.9. The van der Waals surface area contributed by atoms with E-state index in [4.69, 9.17) is 4.74 Å². The molecule has 7 nitrogen and oxygen atoms in total. The van der Waals surface area contributed by atoms with E-state index in [0.29, 0.717) is 5.56 Å². The third kappa shape index (κ3) is 4.73. The molecule has 2 N–H and O–H groups in total. The van der Waals surface area contributed by atoms with Crippen molar-refractivity contribution < 1.29 is 38.0 Å². The predicted octanol–water partition coefficient (Wildman–Crippen LogP) is 2.44. The molecule has 0 saturated heterocycles. The molecule has 0 saturated carbocycles. The summed E-state index contributed by atoms with van der Waals surface area (Å²) in [5.74, 6) is -0.517. The summed E-state index contributed by atoms with van der Waals surface area (Å²) in [5, 5.41) is 19.8. The first-order valence-corrected chi connectivity index (χ1v) is 8.08. The molecule has 1 aromatic carbocycles. The second kappa shape index (κ2) is 7.24. The summed E-state index contributed by atoms with van der Waals surface area (Å²) in [6.07, 6.45) is -5.74. The maximum absolute atomic E-state index is 13.4. The minimum Gasteiger partial charge on any atom is -0.444 e. The Morgan fingerprint density at radius 2 is 2.00 bits per heavy atom. The lowest BCUT2D eigenvalue weighted by atomic mass is 9.98. The summed E-state index contributed by atoms with van der Waals surface area (Å²) in [7, 11) is 1.41. The molecule has 0 aliphatic carbocycles. The number of aliphatic hydroxyl groups is 2. The van der Waals surface area contributed by atoms with E-state index < -0.39 is 24.1 Å². The summed E-state index contributed by atoms with van der Waals surface area (Å²) in [5.41, 5.74) is -0.257. The van der Waals surface area contributed by atoms with Gasteiger partial charge in [0.05, 0.1) is 6.54 Å². The van der Waals surface area contributed by atoms with E-state index in [9.17, 15) is 23.8 Å². The van der Waals surface area contributed by atoms with Gasteiger partial charge in [0.15, 0.2) is 11.5 Å². The molecule has 1 aromatic rings. The lowest BCUT2D eigenvalue weighted by Gasteiger charge is -2.27. The quantitative estimate of drug-likeness (QED) is 0.822. The van der Waals surface area contributed by atoms with Gasteiger partial charge in [-0.2, -0.15) is 0 Å². The molecule has 1 amide bonds. The van der Waals surface area contributed by atoms with E-state index in [0.717, 1.165) is 4.90 Å². The van der Waals surface area contributed by atoms with Crippen LogP contribution in [0.1, 0.15) is 38.0 Å². The molecule has 1 atom stereocenters. The largest absolute Gasteiger partial charge is 0.586 e. The van der Waals surface area contributed by atoms with Crippen molar-refractivity contribution in [2.75, 3.05) is 20.2 Å². The second-order valence-corrected chi connectivity index (χ2v) is 6.98. The van der Waals surface area contributed by atoms with Crippen molar-refractivity contribution in [1.82, 2.24) is 4.90 Å². The van der Waals surface area contributed by atoms with E-state index >= 15 is 0 Å². The number of carbonyl (C=O) groups excluding carboxylic acids is 1. The maximum Gasteiger partial charge on any atom is 0.586 e. The topological polar surface area (TPSA) is 88.5 Å². The smallest absolute Gasteiger partial charge is 0.444 e. The lowest BCUT2D eigenvalue weighted by molar-refractivity contribution is -0.287. The Kier molecular flexibility index (Phi) is 5.62. The van der Waals surface area contributed by atoms with Crippen LogP contribution in [-0.4, -0.2) is 53.3 Å².